The van der Waals surface area contributed by atoms with E-state index in [4.69, 9.17) is 24.3 Å². The molecular formula is C29H34F2N6O4. The summed E-state index contributed by atoms with van der Waals surface area (Å²) in [5.74, 6) is 0.321. The third kappa shape index (κ3) is 5.96. The molecular weight excluding hydrogens is 534 g/mol. The van der Waals surface area contributed by atoms with E-state index in [-0.39, 0.29) is 40.9 Å². The van der Waals surface area contributed by atoms with Crippen LogP contribution in [0.25, 0.3) is 16.6 Å². The van der Waals surface area contributed by atoms with E-state index in [0.717, 1.165) is 18.1 Å². The smallest absolute Gasteiger partial charge is 0.410 e. The van der Waals surface area contributed by atoms with Crippen molar-refractivity contribution < 1.29 is 27.8 Å². The summed E-state index contributed by atoms with van der Waals surface area (Å²) < 4.78 is 47.1. The van der Waals surface area contributed by atoms with Gasteiger partial charge in [-0.25, -0.2) is 23.5 Å². The van der Waals surface area contributed by atoms with Gasteiger partial charge in [0.15, 0.2) is 17.3 Å². The second-order valence-corrected chi connectivity index (χ2v) is 11.4. The first-order valence-corrected chi connectivity index (χ1v) is 13.4. The van der Waals surface area contributed by atoms with Crippen molar-refractivity contribution in [3.63, 3.8) is 0 Å². The lowest BCUT2D eigenvalue weighted by Crippen LogP contribution is -2.45. The van der Waals surface area contributed by atoms with Crippen LogP contribution < -0.4 is 14.8 Å². The number of piperidine rings is 1. The molecule has 1 N–H and O–H groups in total. The predicted octanol–water partition coefficient (Wildman–Crippen LogP) is 5.55. The molecule has 10 nitrogen and oxygen atoms in total. The van der Waals surface area contributed by atoms with Gasteiger partial charge in [-0.15, -0.1) is 5.10 Å². The number of ether oxygens (including phenoxy) is 3. The van der Waals surface area contributed by atoms with E-state index in [0.29, 0.717) is 30.4 Å². The average Bonchev–Trinajstić information content (AvgIpc) is 3.37. The molecule has 1 aliphatic rings. The molecule has 0 saturated carbocycles. The zero-order valence-electron chi connectivity index (χ0n) is 24.0. The van der Waals surface area contributed by atoms with E-state index in [1.807, 2.05) is 26.8 Å². The van der Waals surface area contributed by atoms with Crippen LogP contribution in [0.4, 0.5) is 19.5 Å². The number of likely N-dealkylation sites (tertiary alicyclic amines) is 1. The topological polar surface area (TPSA) is 103 Å². The largest absolute Gasteiger partial charge is 0.497 e. The number of carbonyl (C=O) groups excluding carboxylic acids is 1. The summed E-state index contributed by atoms with van der Waals surface area (Å²) in [6.45, 7) is 8.71. The zero-order chi connectivity index (χ0) is 29.5. The molecule has 2 aromatic carbocycles. The molecule has 2 aromatic heterocycles. The Labute approximate surface area is 236 Å². The number of halogens is 2. The van der Waals surface area contributed by atoms with Gasteiger partial charge in [-0.05, 0) is 51.3 Å². The van der Waals surface area contributed by atoms with Crippen LogP contribution in [0.1, 0.15) is 51.4 Å². The highest BCUT2D eigenvalue weighted by Gasteiger charge is 2.34. The van der Waals surface area contributed by atoms with E-state index >= 15 is 0 Å². The van der Waals surface area contributed by atoms with Crippen molar-refractivity contribution in [2.24, 2.45) is 5.92 Å². The van der Waals surface area contributed by atoms with Gasteiger partial charge in [0.05, 0.1) is 19.6 Å². The number of hydrogen-bond donors (Lipinski definition) is 1. The Balaban J connectivity index is 1.54. The normalized spacial score (nSPS) is 17.6. The molecule has 3 heterocycles. The molecule has 41 heavy (non-hydrogen) atoms. The fourth-order valence-electron chi connectivity index (χ4n) is 5.13. The van der Waals surface area contributed by atoms with Crippen molar-refractivity contribution in [3.8, 4) is 11.5 Å². The summed E-state index contributed by atoms with van der Waals surface area (Å²) in [7, 11) is 3.13. The van der Waals surface area contributed by atoms with Crippen LogP contribution in [0.3, 0.4) is 0 Å². The SMILES string of the molecule is COc1ccc(CNc2nc3c(F)cc(F)cc3c3nc([C@H]4C[C@@H](C)CN(C(=O)OC(C)(C)C)C4)nn23)c(OC)c1. The number of benzene rings is 2. The van der Waals surface area contributed by atoms with Crippen molar-refractivity contribution >= 4 is 28.6 Å². The summed E-state index contributed by atoms with van der Waals surface area (Å²) in [6, 6.07) is 7.41. The lowest BCUT2D eigenvalue weighted by molar-refractivity contribution is 0.0148. The fourth-order valence-corrected chi connectivity index (χ4v) is 5.13. The number of amides is 1. The molecule has 1 saturated heterocycles. The molecule has 0 spiro atoms. The number of anilines is 1. The van der Waals surface area contributed by atoms with Crippen LogP contribution in [0.2, 0.25) is 0 Å². The molecule has 1 amide bonds. The van der Waals surface area contributed by atoms with Crippen molar-refractivity contribution in [2.45, 2.75) is 52.2 Å². The third-order valence-electron chi connectivity index (χ3n) is 6.92. The van der Waals surface area contributed by atoms with Gasteiger partial charge in [0.2, 0.25) is 5.95 Å². The number of nitrogens with zero attached hydrogens (tertiary/aromatic N) is 5. The standard InChI is InChI=1S/C29H34F2N6O4/c1-16-9-18(15-36(14-16)28(38)41-29(2,3)4)25-34-26-21-10-19(30)11-22(31)24(21)33-27(37(26)35-25)32-13-17-7-8-20(39-5)12-23(17)40-6/h7-8,10-12,16,18H,9,13-15H2,1-6H3,(H,32,33)/t16-,18+/m1/s1. The molecule has 218 valence electrons. The van der Waals surface area contributed by atoms with Crippen molar-refractivity contribution in [1.29, 1.82) is 0 Å². The Morgan fingerprint density at radius 2 is 1.88 bits per heavy atom. The Bertz CT molecular complexity index is 1600. The van der Waals surface area contributed by atoms with Crippen LogP contribution in [0, 0.1) is 17.6 Å². The third-order valence-corrected chi connectivity index (χ3v) is 6.92. The highest BCUT2D eigenvalue weighted by Crippen LogP contribution is 2.32. The number of aromatic nitrogens is 4. The molecule has 12 heteroatoms. The van der Waals surface area contributed by atoms with Crippen LogP contribution in [0.5, 0.6) is 11.5 Å². The monoisotopic (exact) mass is 568 g/mol. The molecule has 0 radical (unpaired) electrons. The number of fused-ring (bicyclic) bond motifs is 3. The number of carbonyl (C=O) groups is 1. The van der Waals surface area contributed by atoms with Crippen molar-refractivity contribution in [2.75, 3.05) is 32.6 Å². The minimum atomic E-state index is -0.806. The van der Waals surface area contributed by atoms with E-state index in [2.05, 4.69) is 17.2 Å². The number of rotatable bonds is 6. The quantitative estimate of drug-likeness (QED) is 0.323. The molecule has 0 bridgehead atoms. The molecule has 0 aliphatic carbocycles. The molecule has 4 aromatic rings. The summed E-state index contributed by atoms with van der Waals surface area (Å²) in [5.41, 5.74) is 0.405. The Kier molecular flexibility index (Phi) is 7.58. The molecule has 5 rings (SSSR count). The minimum absolute atomic E-state index is 0.0329. The van der Waals surface area contributed by atoms with Crippen LogP contribution in [0.15, 0.2) is 30.3 Å². The van der Waals surface area contributed by atoms with Crippen molar-refractivity contribution in [1.82, 2.24) is 24.5 Å². The molecule has 1 aliphatic heterocycles. The van der Waals surface area contributed by atoms with E-state index < -0.39 is 23.3 Å². The maximum absolute atomic E-state index is 14.9. The number of hydrogen-bond acceptors (Lipinski definition) is 8. The van der Waals surface area contributed by atoms with Crippen LogP contribution in [-0.4, -0.2) is 63.5 Å². The van der Waals surface area contributed by atoms with E-state index in [1.165, 1.54) is 10.6 Å². The first kappa shape index (κ1) is 28.3. The van der Waals surface area contributed by atoms with Crippen molar-refractivity contribution in [3.05, 3.63) is 53.4 Å². The van der Waals surface area contributed by atoms with E-state index in [9.17, 15) is 13.6 Å². The van der Waals surface area contributed by atoms with Crippen LogP contribution in [-0.2, 0) is 11.3 Å². The van der Waals surface area contributed by atoms with Gasteiger partial charge in [-0.1, -0.05) is 6.92 Å². The first-order valence-electron chi connectivity index (χ1n) is 13.4. The Morgan fingerprint density at radius 1 is 1.10 bits per heavy atom. The summed E-state index contributed by atoms with van der Waals surface area (Å²) in [4.78, 5) is 23.7. The molecule has 2 atom stereocenters. The number of methoxy groups -OCH3 is 2. The maximum atomic E-state index is 14.9. The van der Waals surface area contributed by atoms with Gasteiger partial charge in [-0.3, -0.25) is 0 Å². The minimum Gasteiger partial charge on any atom is -0.497 e. The molecule has 0 unspecified atom stereocenters. The lowest BCUT2D eigenvalue weighted by Gasteiger charge is -2.36. The lowest BCUT2D eigenvalue weighted by atomic mass is 9.90. The van der Waals surface area contributed by atoms with E-state index in [1.54, 1.807) is 31.3 Å². The first-order chi connectivity index (χ1) is 19.5. The van der Waals surface area contributed by atoms with Crippen LogP contribution >= 0.6 is 0 Å². The van der Waals surface area contributed by atoms with Gasteiger partial charge in [-0.2, -0.15) is 4.52 Å². The fraction of sp³-hybridized carbons (Fsp3) is 0.448. The second-order valence-electron chi connectivity index (χ2n) is 11.4. The Morgan fingerprint density at radius 3 is 2.59 bits per heavy atom. The van der Waals surface area contributed by atoms with Gasteiger partial charge in [0.1, 0.15) is 28.4 Å². The average molecular weight is 569 g/mol. The summed E-state index contributed by atoms with van der Waals surface area (Å²) in [6.07, 6.45) is 0.334. The number of nitrogens with one attached hydrogen (secondary N) is 1. The maximum Gasteiger partial charge on any atom is 0.410 e. The van der Waals surface area contributed by atoms with Gasteiger partial charge < -0.3 is 24.4 Å². The summed E-state index contributed by atoms with van der Waals surface area (Å²) in [5, 5.41) is 8.14. The Hall–Kier alpha value is -4.22. The van der Waals surface area contributed by atoms with Gasteiger partial charge in [0.25, 0.3) is 0 Å². The predicted molar refractivity (Wildman–Crippen MR) is 149 cm³/mol. The second kappa shape index (κ2) is 11.0. The van der Waals surface area contributed by atoms with Gasteiger partial charge in [0, 0.05) is 43.2 Å². The van der Waals surface area contributed by atoms with Gasteiger partial charge >= 0.3 is 6.09 Å². The molecule has 1 fully saturated rings. The highest BCUT2D eigenvalue weighted by molar-refractivity contribution is 5.92. The zero-order valence-corrected chi connectivity index (χ0v) is 24.0. The summed E-state index contributed by atoms with van der Waals surface area (Å²) >= 11 is 0. The highest BCUT2D eigenvalue weighted by atomic mass is 19.1.